The van der Waals surface area contributed by atoms with E-state index in [9.17, 15) is 9.59 Å². The molecule has 1 aromatic heterocycles. The van der Waals surface area contributed by atoms with Gasteiger partial charge in [0, 0.05) is 31.1 Å². The third-order valence-electron chi connectivity index (χ3n) is 3.76. The average Bonchev–Trinajstić information content (AvgIpc) is 2.90. The van der Waals surface area contributed by atoms with Crippen molar-refractivity contribution in [2.75, 3.05) is 19.6 Å². The second kappa shape index (κ2) is 6.59. The minimum absolute atomic E-state index is 0.0308. The van der Waals surface area contributed by atoms with Gasteiger partial charge in [-0.2, -0.15) is 0 Å². The summed E-state index contributed by atoms with van der Waals surface area (Å²) in [4.78, 5) is 25.9. The van der Waals surface area contributed by atoms with Crippen LogP contribution in [0.2, 0.25) is 0 Å². The smallest absolute Gasteiger partial charge is 0.289 e. The standard InChI is InChI=1S/C15H22N2O3/c1-3-7-16-14(18)12-4-8-17(9-5-12)15(19)13-11(2)6-10-20-13/h6,10,12H,3-5,7-9H2,1-2H3,(H,16,18). The number of likely N-dealkylation sites (tertiary alicyclic amines) is 1. The lowest BCUT2D eigenvalue weighted by Crippen LogP contribution is -2.43. The fraction of sp³-hybridized carbons (Fsp3) is 0.600. The van der Waals surface area contributed by atoms with Crippen LogP contribution in [0.25, 0.3) is 0 Å². The highest BCUT2D eigenvalue weighted by molar-refractivity contribution is 5.93. The van der Waals surface area contributed by atoms with Gasteiger partial charge in [-0.1, -0.05) is 6.92 Å². The minimum atomic E-state index is -0.0695. The SMILES string of the molecule is CCCNC(=O)C1CCN(C(=O)c2occc2C)CC1. The van der Waals surface area contributed by atoms with Crippen molar-refractivity contribution in [2.24, 2.45) is 5.92 Å². The Morgan fingerprint density at radius 2 is 2.10 bits per heavy atom. The lowest BCUT2D eigenvalue weighted by Gasteiger charge is -2.30. The molecule has 5 heteroatoms. The van der Waals surface area contributed by atoms with Gasteiger partial charge in [0.15, 0.2) is 5.76 Å². The van der Waals surface area contributed by atoms with Crippen LogP contribution in [0.5, 0.6) is 0 Å². The number of piperidine rings is 1. The first-order valence-corrected chi connectivity index (χ1v) is 7.24. The highest BCUT2D eigenvalue weighted by atomic mass is 16.3. The molecule has 1 N–H and O–H groups in total. The first kappa shape index (κ1) is 14.6. The Morgan fingerprint density at radius 1 is 1.40 bits per heavy atom. The molecule has 0 atom stereocenters. The third kappa shape index (κ3) is 3.21. The number of nitrogens with one attached hydrogen (secondary N) is 1. The Bertz CT molecular complexity index is 473. The molecule has 1 fully saturated rings. The number of amides is 2. The summed E-state index contributed by atoms with van der Waals surface area (Å²) in [5, 5.41) is 2.92. The van der Waals surface area contributed by atoms with E-state index >= 15 is 0 Å². The maximum Gasteiger partial charge on any atom is 0.289 e. The van der Waals surface area contributed by atoms with Gasteiger partial charge in [-0.15, -0.1) is 0 Å². The van der Waals surface area contributed by atoms with E-state index in [4.69, 9.17) is 4.42 Å². The maximum atomic E-state index is 12.3. The summed E-state index contributed by atoms with van der Waals surface area (Å²) in [6.45, 7) is 5.85. The summed E-state index contributed by atoms with van der Waals surface area (Å²) < 4.78 is 5.24. The number of carbonyl (C=O) groups excluding carboxylic acids is 2. The number of nitrogens with zero attached hydrogens (tertiary/aromatic N) is 1. The molecule has 0 radical (unpaired) electrons. The predicted molar refractivity (Wildman–Crippen MR) is 75.4 cm³/mol. The largest absolute Gasteiger partial charge is 0.459 e. The Morgan fingerprint density at radius 3 is 2.65 bits per heavy atom. The summed E-state index contributed by atoms with van der Waals surface area (Å²) in [7, 11) is 0. The molecule has 2 heterocycles. The van der Waals surface area contributed by atoms with Crippen LogP contribution >= 0.6 is 0 Å². The van der Waals surface area contributed by atoms with Gasteiger partial charge in [0.25, 0.3) is 5.91 Å². The van der Waals surface area contributed by atoms with Gasteiger partial charge >= 0.3 is 0 Å². The summed E-state index contributed by atoms with van der Waals surface area (Å²) in [5.74, 6) is 0.496. The van der Waals surface area contributed by atoms with Crippen molar-refractivity contribution in [3.63, 3.8) is 0 Å². The Balaban J connectivity index is 1.87. The van der Waals surface area contributed by atoms with Crippen LogP contribution in [0.15, 0.2) is 16.7 Å². The third-order valence-corrected chi connectivity index (χ3v) is 3.76. The first-order chi connectivity index (χ1) is 9.63. The quantitative estimate of drug-likeness (QED) is 0.916. The molecule has 0 unspecified atom stereocenters. The highest BCUT2D eigenvalue weighted by Gasteiger charge is 2.29. The van der Waals surface area contributed by atoms with Crippen molar-refractivity contribution in [1.82, 2.24) is 10.2 Å². The zero-order valence-electron chi connectivity index (χ0n) is 12.1. The van der Waals surface area contributed by atoms with Crippen LogP contribution in [0.3, 0.4) is 0 Å². The fourth-order valence-electron chi connectivity index (χ4n) is 2.47. The summed E-state index contributed by atoms with van der Waals surface area (Å²) in [6, 6.07) is 1.79. The lowest BCUT2D eigenvalue weighted by molar-refractivity contribution is -0.126. The number of hydrogen-bond donors (Lipinski definition) is 1. The Labute approximate surface area is 119 Å². The number of rotatable bonds is 4. The van der Waals surface area contributed by atoms with Gasteiger partial charge in [-0.3, -0.25) is 9.59 Å². The Kier molecular flexibility index (Phi) is 4.82. The molecule has 0 bridgehead atoms. The molecule has 20 heavy (non-hydrogen) atoms. The molecular formula is C15H22N2O3. The van der Waals surface area contributed by atoms with Gasteiger partial charge in [0.2, 0.25) is 5.91 Å². The molecule has 0 aliphatic carbocycles. The van der Waals surface area contributed by atoms with E-state index in [2.05, 4.69) is 5.32 Å². The van der Waals surface area contributed by atoms with E-state index in [-0.39, 0.29) is 17.7 Å². The van der Waals surface area contributed by atoms with Crippen LogP contribution in [-0.2, 0) is 4.79 Å². The lowest BCUT2D eigenvalue weighted by atomic mass is 9.95. The predicted octanol–water partition coefficient (Wildman–Crippen LogP) is 1.97. The van der Waals surface area contributed by atoms with Crippen molar-refractivity contribution in [1.29, 1.82) is 0 Å². The Hall–Kier alpha value is -1.78. The van der Waals surface area contributed by atoms with Crippen molar-refractivity contribution in [2.45, 2.75) is 33.1 Å². The van der Waals surface area contributed by atoms with Crippen LogP contribution in [0.1, 0.15) is 42.3 Å². The van der Waals surface area contributed by atoms with Crippen LogP contribution in [-0.4, -0.2) is 36.3 Å². The summed E-state index contributed by atoms with van der Waals surface area (Å²) in [6.07, 6.45) is 3.93. The van der Waals surface area contributed by atoms with E-state index in [1.165, 1.54) is 6.26 Å². The zero-order valence-corrected chi connectivity index (χ0v) is 12.1. The van der Waals surface area contributed by atoms with Crippen molar-refractivity contribution in [3.05, 3.63) is 23.7 Å². The molecule has 5 nitrogen and oxygen atoms in total. The molecule has 110 valence electrons. The van der Waals surface area contributed by atoms with Crippen LogP contribution in [0.4, 0.5) is 0 Å². The van der Waals surface area contributed by atoms with Crippen molar-refractivity contribution < 1.29 is 14.0 Å². The second-order valence-corrected chi connectivity index (χ2v) is 5.29. The van der Waals surface area contributed by atoms with Crippen LogP contribution < -0.4 is 5.32 Å². The summed E-state index contributed by atoms with van der Waals surface area (Å²) >= 11 is 0. The number of aryl methyl sites for hydroxylation is 1. The van der Waals surface area contributed by atoms with E-state index in [0.717, 1.165) is 31.4 Å². The first-order valence-electron chi connectivity index (χ1n) is 7.24. The monoisotopic (exact) mass is 278 g/mol. The zero-order chi connectivity index (χ0) is 14.5. The number of hydrogen-bond acceptors (Lipinski definition) is 3. The molecule has 2 rings (SSSR count). The molecular weight excluding hydrogens is 256 g/mol. The molecule has 0 spiro atoms. The minimum Gasteiger partial charge on any atom is -0.459 e. The van der Waals surface area contributed by atoms with Gasteiger partial charge in [0.05, 0.1) is 6.26 Å². The molecule has 1 aliphatic rings. The number of furan rings is 1. The van der Waals surface area contributed by atoms with Crippen molar-refractivity contribution >= 4 is 11.8 Å². The number of carbonyl (C=O) groups is 2. The fourth-order valence-corrected chi connectivity index (χ4v) is 2.47. The highest BCUT2D eigenvalue weighted by Crippen LogP contribution is 2.20. The topological polar surface area (TPSA) is 62.6 Å². The summed E-state index contributed by atoms with van der Waals surface area (Å²) in [5.41, 5.74) is 0.859. The molecule has 0 aromatic carbocycles. The van der Waals surface area contributed by atoms with E-state index < -0.39 is 0 Å². The molecule has 1 aliphatic heterocycles. The maximum absolute atomic E-state index is 12.3. The van der Waals surface area contributed by atoms with Crippen molar-refractivity contribution in [3.8, 4) is 0 Å². The average molecular weight is 278 g/mol. The van der Waals surface area contributed by atoms with E-state index in [0.29, 0.717) is 18.8 Å². The van der Waals surface area contributed by atoms with Gasteiger partial charge < -0.3 is 14.6 Å². The van der Waals surface area contributed by atoms with Gasteiger partial charge in [0.1, 0.15) is 0 Å². The molecule has 1 saturated heterocycles. The molecule has 1 aromatic rings. The van der Waals surface area contributed by atoms with Gasteiger partial charge in [-0.25, -0.2) is 0 Å². The van der Waals surface area contributed by atoms with E-state index in [1.54, 1.807) is 11.0 Å². The second-order valence-electron chi connectivity index (χ2n) is 5.29. The molecule has 2 amide bonds. The van der Waals surface area contributed by atoms with Crippen LogP contribution in [0, 0.1) is 12.8 Å². The normalized spacial score (nSPS) is 16.2. The molecule has 0 saturated carbocycles. The van der Waals surface area contributed by atoms with Gasteiger partial charge in [-0.05, 0) is 32.3 Å². The van der Waals surface area contributed by atoms with E-state index in [1.807, 2.05) is 13.8 Å².